The van der Waals surface area contributed by atoms with Crippen molar-refractivity contribution >= 4 is 38.6 Å². The van der Waals surface area contributed by atoms with Crippen LogP contribution in [-0.4, -0.2) is 0 Å². The molecule has 11 aromatic carbocycles. The van der Waals surface area contributed by atoms with Crippen LogP contribution in [0.25, 0.3) is 66.1 Å². The zero-order valence-corrected chi connectivity index (χ0v) is 37.9. The molecule has 1 heterocycles. The maximum Gasteiger partial charge on any atom is 0.140 e. The zero-order valence-electron chi connectivity index (χ0n) is 37.9. The van der Waals surface area contributed by atoms with Crippen molar-refractivity contribution in [3.63, 3.8) is 0 Å². The second-order valence-corrected chi connectivity index (χ2v) is 19.2. The van der Waals surface area contributed by atoms with Crippen LogP contribution < -0.4 is 9.64 Å². The molecule has 0 fully saturated rings. The lowest BCUT2D eigenvalue weighted by atomic mass is 9.65. The van der Waals surface area contributed by atoms with E-state index in [0.29, 0.717) is 0 Å². The van der Waals surface area contributed by atoms with Gasteiger partial charge in [-0.2, -0.15) is 0 Å². The third kappa shape index (κ3) is 5.40. The molecule has 0 saturated heterocycles. The first-order chi connectivity index (χ1) is 33.5. The molecule has 0 amide bonds. The molecule has 0 radical (unpaired) electrons. The average Bonchev–Trinajstić information content (AvgIpc) is 3.82. The van der Waals surface area contributed by atoms with Crippen molar-refractivity contribution in [2.75, 3.05) is 4.90 Å². The highest BCUT2D eigenvalue weighted by atomic mass is 16.5. The molecule has 0 bridgehead atoms. The largest absolute Gasteiger partial charge is 0.455 e. The van der Waals surface area contributed by atoms with E-state index < -0.39 is 5.41 Å². The minimum Gasteiger partial charge on any atom is -0.455 e. The number of benzene rings is 11. The van der Waals surface area contributed by atoms with Gasteiger partial charge in [0.1, 0.15) is 11.5 Å². The summed E-state index contributed by atoms with van der Waals surface area (Å²) >= 11 is 0. The van der Waals surface area contributed by atoms with Crippen LogP contribution in [0.3, 0.4) is 0 Å². The fourth-order valence-corrected chi connectivity index (χ4v) is 12.2. The third-order valence-electron chi connectivity index (χ3n) is 15.3. The molecule has 68 heavy (non-hydrogen) atoms. The smallest absolute Gasteiger partial charge is 0.140 e. The molecule has 3 aliphatic rings. The first kappa shape index (κ1) is 38.8. The van der Waals surface area contributed by atoms with E-state index in [0.717, 1.165) is 33.6 Å². The highest BCUT2D eigenvalue weighted by Crippen LogP contribution is 2.64. The maximum atomic E-state index is 7.18. The molecular formula is C66H45NO. The summed E-state index contributed by atoms with van der Waals surface area (Å²) in [6.07, 6.45) is 0. The summed E-state index contributed by atoms with van der Waals surface area (Å²) in [5.41, 5.74) is 20.2. The molecule has 0 unspecified atom stereocenters. The predicted molar refractivity (Wildman–Crippen MR) is 282 cm³/mol. The van der Waals surface area contributed by atoms with Gasteiger partial charge in [-0.25, -0.2) is 0 Å². The van der Waals surface area contributed by atoms with Crippen molar-refractivity contribution in [1.29, 1.82) is 0 Å². The fourth-order valence-electron chi connectivity index (χ4n) is 12.2. The molecule has 0 atom stereocenters. The topological polar surface area (TPSA) is 12.5 Å². The molecule has 0 aromatic heterocycles. The predicted octanol–water partition coefficient (Wildman–Crippen LogP) is 17.6. The van der Waals surface area contributed by atoms with Gasteiger partial charge >= 0.3 is 0 Å². The molecule has 11 aromatic rings. The zero-order chi connectivity index (χ0) is 45.1. The van der Waals surface area contributed by atoms with Crippen LogP contribution in [0.1, 0.15) is 47.2 Å². The number of hydrogen-bond acceptors (Lipinski definition) is 2. The van der Waals surface area contributed by atoms with Crippen LogP contribution in [0.15, 0.2) is 237 Å². The second kappa shape index (κ2) is 14.5. The SMILES string of the molecule is CC1(C)c2ccccc2-c2c(N(c3ccc(-c4ccccc4)cc3)c3ccc(-c4ccc5c(c4)-c4ccccc4C54c5ccc6ccccc6c5Oc5c4ccc4ccccc54)cc3)cccc21. The van der Waals surface area contributed by atoms with E-state index in [1.54, 1.807) is 0 Å². The van der Waals surface area contributed by atoms with Gasteiger partial charge in [0.2, 0.25) is 0 Å². The number of nitrogens with zero attached hydrogens (tertiary/aromatic N) is 1. The Bertz CT molecular complexity index is 3760. The van der Waals surface area contributed by atoms with Gasteiger partial charge in [0.25, 0.3) is 0 Å². The molecule has 0 N–H and O–H groups in total. The van der Waals surface area contributed by atoms with Gasteiger partial charge in [-0.3, -0.25) is 0 Å². The maximum absolute atomic E-state index is 7.18. The highest BCUT2D eigenvalue weighted by Gasteiger charge is 2.52. The Hall–Kier alpha value is -8.46. The van der Waals surface area contributed by atoms with Crippen molar-refractivity contribution in [2.24, 2.45) is 0 Å². The summed E-state index contributed by atoms with van der Waals surface area (Å²) in [6, 6.07) is 87.3. The standard InChI is InChI=1S/C66H45NO/c1-65(2)55-23-12-11-22-53(55)62-58(65)25-14-26-61(62)67(48-34-27-43(28-35-48)42-15-4-3-5-16-42)49-36-29-44(30-37-49)47-33-38-57-54(41-47)52-21-10-13-24-56(52)66(57)59-39-31-45-17-6-8-19-50(45)63(59)68-64-51-20-9-7-18-46(51)32-40-60(64)66/h3-41H,1-2H3. The number of ether oxygens (including phenoxy) is 1. The molecule has 2 heteroatoms. The van der Waals surface area contributed by atoms with Gasteiger partial charge in [0.15, 0.2) is 0 Å². The molecular weight excluding hydrogens is 823 g/mol. The minimum absolute atomic E-state index is 0.115. The van der Waals surface area contributed by atoms with E-state index in [2.05, 4.69) is 255 Å². The lowest BCUT2D eigenvalue weighted by molar-refractivity contribution is 0.447. The van der Waals surface area contributed by atoms with Crippen molar-refractivity contribution in [3.8, 4) is 56.0 Å². The minimum atomic E-state index is -0.578. The summed E-state index contributed by atoms with van der Waals surface area (Å²) < 4.78 is 7.18. The van der Waals surface area contributed by atoms with E-state index in [9.17, 15) is 0 Å². The van der Waals surface area contributed by atoms with E-state index >= 15 is 0 Å². The molecule has 320 valence electrons. The number of anilines is 3. The Balaban J connectivity index is 0.927. The molecule has 14 rings (SSSR count). The summed E-state index contributed by atoms with van der Waals surface area (Å²) in [7, 11) is 0. The highest BCUT2D eigenvalue weighted by molar-refractivity contribution is 6.01. The van der Waals surface area contributed by atoms with E-state index in [4.69, 9.17) is 4.74 Å². The van der Waals surface area contributed by atoms with Gasteiger partial charge in [-0.1, -0.05) is 214 Å². The van der Waals surface area contributed by atoms with Gasteiger partial charge < -0.3 is 9.64 Å². The Morgan fingerprint density at radius 2 is 0.824 bits per heavy atom. The van der Waals surface area contributed by atoms with E-state index in [-0.39, 0.29) is 5.41 Å². The van der Waals surface area contributed by atoms with E-state index in [1.165, 1.54) is 94.3 Å². The van der Waals surface area contributed by atoms with E-state index in [1.807, 2.05) is 0 Å². The lowest BCUT2D eigenvalue weighted by Crippen LogP contribution is -2.32. The first-order valence-corrected chi connectivity index (χ1v) is 23.7. The normalized spacial score (nSPS) is 14.1. The summed E-state index contributed by atoms with van der Waals surface area (Å²) in [4.78, 5) is 2.45. The van der Waals surface area contributed by atoms with Crippen molar-refractivity contribution < 1.29 is 4.74 Å². The van der Waals surface area contributed by atoms with Crippen molar-refractivity contribution in [1.82, 2.24) is 0 Å². The first-order valence-electron chi connectivity index (χ1n) is 23.7. The number of fused-ring (bicyclic) bond motifs is 16. The molecule has 1 spiro atoms. The molecule has 0 saturated carbocycles. The second-order valence-electron chi connectivity index (χ2n) is 19.2. The Kier molecular flexibility index (Phi) is 8.28. The summed E-state index contributed by atoms with van der Waals surface area (Å²) in [6.45, 7) is 4.71. The van der Waals surface area contributed by atoms with Crippen LogP contribution in [0.4, 0.5) is 17.1 Å². The van der Waals surface area contributed by atoms with Crippen LogP contribution in [0, 0.1) is 0 Å². The average molecular weight is 868 g/mol. The number of rotatable bonds is 5. The van der Waals surface area contributed by atoms with Gasteiger partial charge in [0, 0.05) is 44.3 Å². The molecule has 2 nitrogen and oxygen atoms in total. The van der Waals surface area contributed by atoms with Gasteiger partial charge in [-0.05, 0) is 108 Å². The lowest BCUT2D eigenvalue weighted by Gasteiger charge is -2.40. The third-order valence-corrected chi connectivity index (χ3v) is 15.3. The molecule has 1 aliphatic heterocycles. The number of hydrogen-bond donors (Lipinski definition) is 0. The van der Waals surface area contributed by atoms with Crippen LogP contribution in [0.5, 0.6) is 11.5 Å². The van der Waals surface area contributed by atoms with Crippen LogP contribution in [0.2, 0.25) is 0 Å². The van der Waals surface area contributed by atoms with Crippen LogP contribution >= 0.6 is 0 Å². The van der Waals surface area contributed by atoms with Gasteiger partial charge in [0.05, 0.1) is 11.1 Å². The van der Waals surface area contributed by atoms with Gasteiger partial charge in [-0.15, -0.1) is 0 Å². The van der Waals surface area contributed by atoms with Crippen LogP contribution in [-0.2, 0) is 10.8 Å². The summed E-state index contributed by atoms with van der Waals surface area (Å²) in [5, 5.41) is 4.59. The van der Waals surface area contributed by atoms with Crippen molar-refractivity contribution in [2.45, 2.75) is 24.7 Å². The fraction of sp³-hybridized carbons (Fsp3) is 0.0606. The Morgan fingerprint density at radius 1 is 0.338 bits per heavy atom. The Labute approximate surface area is 397 Å². The Morgan fingerprint density at radius 3 is 1.49 bits per heavy atom. The summed E-state index contributed by atoms with van der Waals surface area (Å²) in [5.74, 6) is 1.87. The molecule has 2 aliphatic carbocycles. The van der Waals surface area contributed by atoms with Crippen molar-refractivity contribution in [3.05, 3.63) is 270 Å². The monoisotopic (exact) mass is 867 g/mol. The quantitative estimate of drug-likeness (QED) is 0.171.